The van der Waals surface area contributed by atoms with Gasteiger partial charge in [-0.3, -0.25) is 4.79 Å². The van der Waals surface area contributed by atoms with Gasteiger partial charge >= 0.3 is 0 Å². The maximum Gasteiger partial charge on any atom is 0.157 e. The van der Waals surface area contributed by atoms with Gasteiger partial charge in [0.05, 0.1) is 0 Å². The minimum atomic E-state index is -0.784. The molecule has 1 saturated carbocycles. The maximum atomic E-state index is 12.0. The average Bonchev–Trinajstić information content (AvgIpc) is 2.26. The molecule has 2 N–H and O–H groups in total. The second kappa shape index (κ2) is 4.19. The molecule has 1 aromatic carbocycles. The summed E-state index contributed by atoms with van der Waals surface area (Å²) in [5, 5.41) is 0.718. The summed E-state index contributed by atoms with van der Waals surface area (Å²) in [7, 11) is 0. The zero-order valence-corrected chi connectivity index (χ0v) is 10.2. The van der Waals surface area contributed by atoms with E-state index in [0.29, 0.717) is 6.42 Å². The van der Waals surface area contributed by atoms with Crippen LogP contribution < -0.4 is 5.73 Å². The van der Waals surface area contributed by atoms with E-state index in [9.17, 15) is 4.79 Å². The Morgan fingerprint density at radius 3 is 2.75 bits per heavy atom. The van der Waals surface area contributed by atoms with Gasteiger partial charge in [0.25, 0.3) is 0 Å². The molecule has 3 heteroatoms. The monoisotopic (exact) mass is 237 g/mol. The topological polar surface area (TPSA) is 43.1 Å². The highest BCUT2D eigenvalue weighted by Gasteiger charge is 2.37. The summed E-state index contributed by atoms with van der Waals surface area (Å²) in [6.45, 7) is 1.93. The molecule has 1 atom stereocenters. The van der Waals surface area contributed by atoms with E-state index in [2.05, 4.69) is 0 Å². The van der Waals surface area contributed by atoms with E-state index in [1.54, 1.807) is 0 Å². The molecule has 2 nitrogen and oxygen atoms in total. The molecule has 1 unspecified atom stereocenters. The van der Waals surface area contributed by atoms with Crippen molar-refractivity contribution in [2.75, 3.05) is 0 Å². The highest BCUT2D eigenvalue weighted by Crippen LogP contribution is 2.33. The molecule has 2 rings (SSSR count). The Bertz CT molecular complexity index is 430. The normalized spacial score (nSPS) is 25.8. The molecule has 16 heavy (non-hydrogen) atoms. The molecule has 0 aliphatic heterocycles. The summed E-state index contributed by atoms with van der Waals surface area (Å²) in [6.07, 6.45) is 3.32. The third-order valence-electron chi connectivity index (χ3n) is 3.40. The number of benzene rings is 1. The van der Waals surface area contributed by atoms with Crippen LogP contribution in [0.5, 0.6) is 0 Å². The first-order valence-corrected chi connectivity index (χ1v) is 6.00. The molecule has 86 valence electrons. The number of rotatable bonds is 1. The summed E-state index contributed by atoms with van der Waals surface area (Å²) in [4.78, 5) is 12.0. The number of hydrogen-bond donors (Lipinski definition) is 1. The van der Waals surface area contributed by atoms with Crippen molar-refractivity contribution >= 4 is 17.4 Å². The van der Waals surface area contributed by atoms with Crippen LogP contribution in [0, 0.1) is 6.92 Å². The fourth-order valence-corrected chi connectivity index (χ4v) is 2.40. The predicted octanol–water partition coefficient (Wildman–Crippen LogP) is 2.95. The Labute approximate surface area is 101 Å². The lowest BCUT2D eigenvalue weighted by molar-refractivity contribution is -0.126. The quantitative estimate of drug-likeness (QED) is 0.816. The third-order valence-corrected chi connectivity index (χ3v) is 3.82. The molecule has 0 aromatic heterocycles. The summed E-state index contributed by atoms with van der Waals surface area (Å²) < 4.78 is 0. The van der Waals surface area contributed by atoms with Crippen LogP contribution in [0.25, 0.3) is 0 Å². The number of nitrogens with two attached hydrogens (primary N) is 1. The number of carbonyl (C=O) groups is 1. The van der Waals surface area contributed by atoms with E-state index >= 15 is 0 Å². The fraction of sp³-hybridized carbons (Fsp3) is 0.462. The van der Waals surface area contributed by atoms with Crippen LogP contribution in [0.4, 0.5) is 0 Å². The molecule has 1 fully saturated rings. The minimum absolute atomic E-state index is 0.153. The zero-order valence-electron chi connectivity index (χ0n) is 9.42. The summed E-state index contributed by atoms with van der Waals surface area (Å²) in [5.41, 5.74) is 7.34. The lowest BCUT2D eigenvalue weighted by Crippen LogP contribution is -2.46. The van der Waals surface area contributed by atoms with Crippen molar-refractivity contribution < 1.29 is 4.79 Å². The Morgan fingerprint density at radius 1 is 1.38 bits per heavy atom. The van der Waals surface area contributed by atoms with E-state index in [1.165, 1.54) is 0 Å². The van der Waals surface area contributed by atoms with Crippen LogP contribution in [0.3, 0.4) is 0 Å². The first-order valence-electron chi connectivity index (χ1n) is 5.63. The van der Waals surface area contributed by atoms with Crippen LogP contribution in [0.1, 0.15) is 36.8 Å². The number of Topliss-reactive ketones (excluding diaryl/α,β-unsaturated/α-hetero) is 1. The number of hydrogen-bond acceptors (Lipinski definition) is 2. The van der Waals surface area contributed by atoms with Crippen LogP contribution in [0.2, 0.25) is 5.02 Å². The minimum Gasteiger partial charge on any atom is -0.315 e. The van der Waals surface area contributed by atoms with Crippen molar-refractivity contribution in [2.24, 2.45) is 5.73 Å². The van der Waals surface area contributed by atoms with Gasteiger partial charge in [0.2, 0.25) is 0 Å². The van der Waals surface area contributed by atoms with Gasteiger partial charge in [-0.2, -0.15) is 0 Å². The smallest absolute Gasteiger partial charge is 0.157 e. The predicted molar refractivity (Wildman–Crippen MR) is 65.5 cm³/mol. The van der Waals surface area contributed by atoms with E-state index in [-0.39, 0.29) is 5.78 Å². The van der Waals surface area contributed by atoms with E-state index in [4.69, 9.17) is 17.3 Å². The van der Waals surface area contributed by atoms with E-state index in [1.807, 2.05) is 25.1 Å². The molecule has 1 aromatic rings. The highest BCUT2D eigenvalue weighted by atomic mass is 35.5. The fourth-order valence-electron chi connectivity index (χ4n) is 2.28. The van der Waals surface area contributed by atoms with Gasteiger partial charge in [0, 0.05) is 11.4 Å². The molecule has 0 saturated heterocycles. The SMILES string of the molecule is Cc1cc(C2(N)CCCCC2=O)ccc1Cl. The van der Waals surface area contributed by atoms with Crippen molar-refractivity contribution in [3.63, 3.8) is 0 Å². The first-order chi connectivity index (χ1) is 7.54. The summed E-state index contributed by atoms with van der Waals surface area (Å²) in [6, 6.07) is 5.63. The van der Waals surface area contributed by atoms with Crippen LogP contribution in [-0.2, 0) is 10.3 Å². The van der Waals surface area contributed by atoms with Gasteiger partial charge in [-0.25, -0.2) is 0 Å². The number of aryl methyl sites for hydroxylation is 1. The van der Waals surface area contributed by atoms with Gasteiger partial charge < -0.3 is 5.73 Å². The molecule has 1 aliphatic rings. The van der Waals surface area contributed by atoms with Crippen molar-refractivity contribution in [1.82, 2.24) is 0 Å². The van der Waals surface area contributed by atoms with Crippen molar-refractivity contribution in [3.8, 4) is 0 Å². The second-order valence-electron chi connectivity index (χ2n) is 4.57. The Hall–Kier alpha value is -0.860. The highest BCUT2D eigenvalue weighted by molar-refractivity contribution is 6.31. The Kier molecular flexibility index (Phi) is 3.04. The van der Waals surface area contributed by atoms with E-state index < -0.39 is 5.54 Å². The van der Waals surface area contributed by atoms with Gasteiger partial charge in [0.1, 0.15) is 5.54 Å². The lowest BCUT2D eigenvalue weighted by Gasteiger charge is -2.32. The standard InChI is InChI=1S/C13H16ClNO/c1-9-8-10(5-6-11(9)14)13(15)7-3-2-4-12(13)16/h5-6,8H,2-4,7,15H2,1H3. The molecule has 0 spiro atoms. The summed E-state index contributed by atoms with van der Waals surface area (Å²) >= 11 is 5.98. The first kappa shape index (κ1) is 11.6. The number of halogens is 1. The van der Waals surface area contributed by atoms with Gasteiger partial charge in [-0.1, -0.05) is 30.2 Å². The van der Waals surface area contributed by atoms with Gasteiger partial charge in [-0.05, 0) is 37.0 Å². The zero-order chi connectivity index (χ0) is 11.8. The average molecular weight is 238 g/mol. The second-order valence-corrected chi connectivity index (χ2v) is 4.97. The lowest BCUT2D eigenvalue weighted by atomic mass is 9.76. The van der Waals surface area contributed by atoms with Gasteiger partial charge in [-0.15, -0.1) is 0 Å². The van der Waals surface area contributed by atoms with Gasteiger partial charge in [0.15, 0.2) is 5.78 Å². The van der Waals surface area contributed by atoms with Crippen LogP contribution in [0.15, 0.2) is 18.2 Å². The largest absolute Gasteiger partial charge is 0.315 e. The van der Waals surface area contributed by atoms with Crippen LogP contribution >= 0.6 is 11.6 Å². The maximum absolute atomic E-state index is 12.0. The molecule has 0 amide bonds. The van der Waals surface area contributed by atoms with Crippen molar-refractivity contribution in [3.05, 3.63) is 34.3 Å². The Balaban J connectivity index is 2.41. The Morgan fingerprint density at radius 2 is 2.12 bits per heavy atom. The number of carbonyl (C=O) groups excluding carboxylic acids is 1. The molecular formula is C13H16ClNO. The van der Waals surface area contributed by atoms with Crippen molar-refractivity contribution in [1.29, 1.82) is 0 Å². The molecule has 1 aliphatic carbocycles. The van der Waals surface area contributed by atoms with E-state index in [0.717, 1.165) is 35.4 Å². The molecular weight excluding hydrogens is 222 g/mol. The third kappa shape index (κ3) is 1.87. The molecule has 0 bridgehead atoms. The van der Waals surface area contributed by atoms with Crippen molar-refractivity contribution in [2.45, 2.75) is 38.1 Å². The number of ketones is 1. The van der Waals surface area contributed by atoms with Crippen LogP contribution in [-0.4, -0.2) is 5.78 Å². The summed E-state index contributed by atoms with van der Waals surface area (Å²) in [5.74, 6) is 0.153. The molecule has 0 heterocycles. The molecule has 0 radical (unpaired) electrons.